The van der Waals surface area contributed by atoms with Gasteiger partial charge < -0.3 is 14.6 Å². The SMILES string of the molecule is Cc1ccc(-c2ccc(Cl)cc2)cc1C1=C(O)C2(CCOCC2)OCC1=O. The molecule has 0 radical (unpaired) electrons. The van der Waals surface area contributed by atoms with E-state index < -0.39 is 5.60 Å². The van der Waals surface area contributed by atoms with Crippen LogP contribution in [-0.4, -0.2) is 36.3 Å². The molecule has 1 N–H and O–H groups in total. The van der Waals surface area contributed by atoms with Gasteiger partial charge in [0.1, 0.15) is 18.0 Å². The number of carbonyl (C=O) groups is 1. The minimum absolute atomic E-state index is 0.0238. The van der Waals surface area contributed by atoms with Gasteiger partial charge in [-0.1, -0.05) is 35.9 Å². The number of ketones is 1. The monoisotopic (exact) mass is 384 g/mol. The van der Waals surface area contributed by atoms with E-state index in [0.29, 0.717) is 36.7 Å². The average molecular weight is 385 g/mol. The van der Waals surface area contributed by atoms with E-state index >= 15 is 0 Å². The van der Waals surface area contributed by atoms with E-state index in [4.69, 9.17) is 21.1 Å². The second-order valence-electron chi connectivity index (χ2n) is 7.08. The highest BCUT2D eigenvalue weighted by molar-refractivity contribution is 6.30. The van der Waals surface area contributed by atoms with Gasteiger partial charge in [-0.15, -0.1) is 0 Å². The molecule has 0 atom stereocenters. The Bertz CT molecular complexity index is 908. The van der Waals surface area contributed by atoms with Crippen LogP contribution in [0.15, 0.2) is 48.2 Å². The quantitative estimate of drug-likeness (QED) is 0.813. The van der Waals surface area contributed by atoms with Gasteiger partial charge in [0, 0.05) is 31.1 Å². The number of aliphatic hydroxyl groups is 1. The largest absolute Gasteiger partial charge is 0.508 e. The normalized spacial score (nSPS) is 19.6. The number of rotatable bonds is 2. The van der Waals surface area contributed by atoms with Crippen LogP contribution in [0.3, 0.4) is 0 Å². The number of hydrogen-bond acceptors (Lipinski definition) is 4. The van der Waals surface area contributed by atoms with E-state index in [9.17, 15) is 9.90 Å². The lowest BCUT2D eigenvalue weighted by Gasteiger charge is -2.40. The zero-order valence-electron chi connectivity index (χ0n) is 15.1. The van der Waals surface area contributed by atoms with Gasteiger partial charge in [-0.2, -0.15) is 0 Å². The third-order valence-electron chi connectivity index (χ3n) is 5.41. The first-order chi connectivity index (χ1) is 13.0. The van der Waals surface area contributed by atoms with Gasteiger partial charge in [0.25, 0.3) is 0 Å². The second kappa shape index (κ2) is 7.12. The predicted octanol–water partition coefficient (Wildman–Crippen LogP) is 4.73. The summed E-state index contributed by atoms with van der Waals surface area (Å²) in [6.07, 6.45) is 1.09. The van der Waals surface area contributed by atoms with Gasteiger partial charge in [0.2, 0.25) is 0 Å². The smallest absolute Gasteiger partial charge is 0.192 e. The molecule has 1 spiro atoms. The van der Waals surface area contributed by atoms with Gasteiger partial charge >= 0.3 is 0 Å². The number of aryl methyl sites for hydroxylation is 1. The van der Waals surface area contributed by atoms with Crippen molar-refractivity contribution in [3.8, 4) is 11.1 Å². The highest BCUT2D eigenvalue weighted by Crippen LogP contribution is 2.40. The molecule has 1 fully saturated rings. The maximum atomic E-state index is 12.7. The summed E-state index contributed by atoms with van der Waals surface area (Å²) in [6, 6.07) is 13.5. The summed E-state index contributed by atoms with van der Waals surface area (Å²) in [6.45, 7) is 2.94. The van der Waals surface area contributed by atoms with Crippen molar-refractivity contribution >= 4 is 23.0 Å². The van der Waals surface area contributed by atoms with Gasteiger partial charge in [0.05, 0.1) is 5.57 Å². The van der Waals surface area contributed by atoms with Crippen molar-refractivity contribution in [3.63, 3.8) is 0 Å². The second-order valence-corrected chi connectivity index (χ2v) is 7.52. The molecular weight excluding hydrogens is 364 g/mol. The molecule has 2 aliphatic rings. The molecule has 0 aliphatic carbocycles. The molecule has 0 bridgehead atoms. The van der Waals surface area contributed by atoms with Crippen LogP contribution in [0.2, 0.25) is 5.02 Å². The van der Waals surface area contributed by atoms with Crippen LogP contribution >= 0.6 is 11.6 Å². The maximum Gasteiger partial charge on any atom is 0.192 e. The molecule has 2 heterocycles. The molecule has 1 saturated heterocycles. The summed E-state index contributed by atoms with van der Waals surface area (Å²) >= 11 is 5.99. The van der Waals surface area contributed by atoms with Gasteiger partial charge in [-0.05, 0) is 47.4 Å². The van der Waals surface area contributed by atoms with Crippen LogP contribution in [0.5, 0.6) is 0 Å². The molecule has 2 aliphatic heterocycles. The van der Waals surface area contributed by atoms with E-state index in [2.05, 4.69) is 0 Å². The fourth-order valence-corrected chi connectivity index (χ4v) is 3.90. The van der Waals surface area contributed by atoms with E-state index in [1.807, 2.05) is 49.4 Å². The molecule has 0 unspecified atom stereocenters. The Labute approximate surface area is 163 Å². The number of Topliss-reactive ketones (excluding diaryl/α,β-unsaturated/α-hetero) is 1. The van der Waals surface area contributed by atoms with Crippen LogP contribution < -0.4 is 0 Å². The van der Waals surface area contributed by atoms with Crippen molar-refractivity contribution in [1.82, 2.24) is 0 Å². The van der Waals surface area contributed by atoms with Crippen molar-refractivity contribution in [2.24, 2.45) is 0 Å². The highest BCUT2D eigenvalue weighted by Gasteiger charge is 2.45. The lowest BCUT2D eigenvalue weighted by Crippen LogP contribution is -2.46. The molecule has 4 rings (SSSR count). The lowest BCUT2D eigenvalue weighted by molar-refractivity contribution is -0.140. The molecular formula is C22H21ClO4. The minimum atomic E-state index is -0.815. The fourth-order valence-electron chi connectivity index (χ4n) is 3.78. The maximum absolute atomic E-state index is 12.7. The van der Waals surface area contributed by atoms with Crippen LogP contribution in [0.4, 0.5) is 0 Å². The van der Waals surface area contributed by atoms with E-state index in [-0.39, 0.29) is 18.1 Å². The number of halogens is 1. The number of benzene rings is 2. The van der Waals surface area contributed by atoms with E-state index in [0.717, 1.165) is 22.3 Å². The summed E-state index contributed by atoms with van der Waals surface area (Å²) in [7, 11) is 0. The standard InChI is InChI=1S/C22H21ClO4/c1-14-2-3-16(15-4-6-17(23)7-5-15)12-18(14)20-19(24)13-27-22(21(20)25)8-10-26-11-9-22/h2-7,12,25H,8-11,13H2,1H3. The summed E-state index contributed by atoms with van der Waals surface area (Å²) < 4.78 is 11.2. The number of carbonyl (C=O) groups excluding carboxylic acids is 1. The zero-order valence-corrected chi connectivity index (χ0v) is 15.9. The van der Waals surface area contributed by atoms with Crippen molar-refractivity contribution in [3.05, 3.63) is 64.4 Å². The van der Waals surface area contributed by atoms with Gasteiger partial charge in [0.15, 0.2) is 5.78 Å². The summed E-state index contributed by atoms with van der Waals surface area (Å²) in [4.78, 5) is 12.7. The van der Waals surface area contributed by atoms with Crippen molar-refractivity contribution in [1.29, 1.82) is 0 Å². The topological polar surface area (TPSA) is 55.8 Å². The highest BCUT2D eigenvalue weighted by atomic mass is 35.5. The van der Waals surface area contributed by atoms with E-state index in [1.54, 1.807) is 0 Å². The summed E-state index contributed by atoms with van der Waals surface area (Å²) in [5.74, 6) is -0.153. The number of ether oxygens (including phenoxy) is 2. The van der Waals surface area contributed by atoms with Crippen LogP contribution in [0, 0.1) is 6.92 Å². The van der Waals surface area contributed by atoms with Crippen molar-refractivity contribution < 1.29 is 19.4 Å². The Balaban J connectivity index is 1.83. The third kappa shape index (κ3) is 3.29. The molecule has 2 aromatic rings. The van der Waals surface area contributed by atoms with Gasteiger partial charge in [-0.25, -0.2) is 0 Å². The Kier molecular flexibility index (Phi) is 4.81. The lowest BCUT2D eigenvalue weighted by atomic mass is 9.82. The van der Waals surface area contributed by atoms with Crippen LogP contribution in [0.25, 0.3) is 16.7 Å². The Hall–Kier alpha value is -2.14. The summed E-state index contributed by atoms with van der Waals surface area (Å²) in [5, 5.41) is 11.7. The molecule has 0 saturated carbocycles. The molecule has 0 aromatic heterocycles. The first-order valence-corrected chi connectivity index (χ1v) is 9.43. The van der Waals surface area contributed by atoms with Crippen molar-refractivity contribution in [2.75, 3.05) is 19.8 Å². The zero-order chi connectivity index (χ0) is 19.0. The van der Waals surface area contributed by atoms with Crippen LogP contribution in [-0.2, 0) is 14.3 Å². The Morgan fingerprint density at radius 3 is 2.41 bits per heavy atom. The third-order valence-corrected chi connectivity index (χ3v) is 5.66. The molecule has 4 nitrogen and oxygen atoms in total. The molecule has 0 amide bonds. The molecule has 5 heteroatoms. The number of aliphatic hydroxyl groups excluding tert-OH is 1. The first-order valence-electron chi connectivity index (χ1n) is 9.06. The minimum Gasteiger partial charge on any atom is -0.508 e. The number of hydrogen-bond donors (Lipinski definition) is 1. The average Bonchev–Trinajstić information content (AvgIpc) is 2.68. The first kappa shape index (κ1) is 18.2. The molecule has 140 valence electrons. The Morgan fingerprint density at radius 1 is 1.04 bits per heavy atom. The molecule has 2 aromatic carbocycles. The molecule has 27 heavy (non-hydrogen) atoms. The predicted molar refractivity (Wildman–Crippen MR) is 105 cm³/mol. The summed E-state index contributed by atoms with van der Waals surface area (Å²) in [5.41, 5.74) is 3.21. The van der Waals surface area contributed by atoms with Gasteiger partial charge in [-0.3, -0.25) is 4.79 Å². The fraction of sp³-hybridized carbons (Fsp3) is 0.318. The van der Waals surface area contributed by atoms with Crippen LogP contribution in [0.1, 0.15) is 24.0 Å². The van der Waals surface area contributed by atoms with E-state index in [1.165, 1.54) is 0 Å². The Morgan fingerprint density at radius 2 is 1.70 bits per heavy atom. The van der Waals surface area contributed by atoms with Crippen molar-refractivity contribution in [2.45, 2.75) is 25.4 Å².